The Labute approximate surface area is 140 Å². The minimum Gasteiger partial charge on any atom is -0.329 e. The first-order valence-corrected chi connectivity index (χ1v) is 8.80. The zero-order chi connectivity index (χ0) is 15.5. The van der Waals surface area contributed by atoms with E-state index in [9.17, 15) is 0 Å². The second-order valence-corrected chi connectivity index (χ2v) is 8.36. The Morgan fingerprint density at radius 3 is 2.29 bits per heavy atom. The highest BCUT2D eigenvalue weighted by atomic mass is 79.9. The summed E-state index contributed by atoms with van der Waals surface area (Å²) in [4.78, 5) is 1.26. The highest BCUT2D eigenvalue weighted by molar-refractivity contribution is 9.10. The number of rotatable bonds is 4. The maximum atomic E-state index is 5.97. The number of thioether (sulfide) groups is 1. The largest absolute Gasteiger partial charge is 0.329 e. The summed E-state index contributed by atoms with van der Waals surface area (Å²) in [5.74, 6) is 0. The Bertz CT molecular complexity index is 587. The Hall–Kier alpha value is -0.770. The first-order valence-electron chi connectivity index (χ1n) is 7.13. The van der Waals surface area contributed by atoms with Gasteiger partial charge in [-0.2, -0.15) is 0 Å². The van der Waals surface area contributed by atoms with Crippen LogP contribution in [0.4, 0.5) is 0 Å². The van der Waals surface area contributed by atoms with Crippen molar-refractivity contribution in [1.29, 1.82) is 0 Å². The van der Waals surface area contributed by atoms with Crippen molar-refractivity contribution in [1.82, 2.24) is 0 Å². The van der Waals surface area contributed by atoms with Crippen LogP contribution in [0, 0.1) is 0 Å². The molecule has 0 radical (unpaired) electrons. The Morgan fingerprint density at radius 1 is 1.10 bits per heavy atom. The quantitative estimate of drug-likeness (QED) is 0.721. The molecule has 2 N–H and O–H groups in total. The number of hydrogen-bond acceptors (Lipinski definition) is 2. The predicted octanol–water partition coefficient (Wildman–Crippen LogP) is 5.54. The molecule has 0 aliphatic carbocycles. The topological polar surface area (TPSA) is 26.0 Å². The molecule has 1 atom stereocenters. The normalized spacial score (nSPS) is 13.2. The summed E-state index contributed by atoms with van der Waals surface area (Å²) in [6, 6.07) is 17.2. The summed E-state index contributed by atoms with van der Waals surface area (Å²) in [5.41, 5.74) is 8.78. The molecule has 0 saturated carbocycles. The van der Waals surface area contributed by atoms with Gasteiger partial charge in [-0.25, -0.2) is 0 Å². The van der Waals surface area contributed by atoms with Crippen LogP contribution < -0.4 is 5.73 Å². The highest BCUT2D eigenvalue weighted by Gasteiger charge is 2.15. The summed E-state index contributed by atoms with van der Waals surface area (Å²) in [6.45, 7) is 7.33. The summed E-state index contributed by atoms with van der Waals surface area (Å²) in [5, 5.41) is 0.281. The molecular weight excluding hydrogens is 342 g/mol. The van der Waals surface area contributed by atoms with E-state index in [1.165, 1.54) is 16.0 Å². The number of nitrogens with two attached hydrogens (primary N) is 1. The average molecular weight is 364 g/mol. The minimum absolute atomic E-state index is 0.195. The molecule has 0 bridgehead atoms. The van der Waals surface area contributed by atoms with Gasteiger partial charge in [-0.15, -0.1) is 11.8 Å². The summed E-state index contributed by atoms with van der Waals surface area (Å²) >= 11 is 5.35. The summed E-state index contributed by atoms with van der Waals surface area (Å²) < 4.78 is 1.10. The van der Waals surface area contributed by atoms with Crippen molar-refractivity contribution in [2.24, 2.45) is 5.73 Å². The van der Waals surface area contributed by atoms with Gasteiger partial charge < -0.3 is 5.73 Å². The number of benzene rings is 2. The second-order valence-electron chi connectivity index (χ2n) is 6.17. The number of halogens is 1. The lowest BCUT2D eigenvalue weighted by Gasteiger charge is -2.20. The maximum Gasteiger partial charge on any atom is 0.0467 e. The van der Waals surface area contributed by atoms with Gasteiger partial charge in [0.2, 0.25) is 0 Å². The van der Waals surface area contributed by atoms with Crippen LogP contribution in [0.3, 0.4) is 0 Å². The molecule has 2 aromatic rings. The molecule has 21 heavy (non-hydrogen) atoms. The zero-order valence-corrected chi connectivity index (χ0v) is 15.2. The van der Waals surface area contributed by atoms with E-state index in [-0.39, 0.29) is 10.7 Å². The van der Waals surface area contributed by atoms with Gasteiger partial charge in [-0.05, 0) is 40.8 Å². The van der Waals surface area contributed by atoms with Gasteiger partial charge in [0.05, 0.1) is 0 Å². The highest BCUT2D eigenvalue weighted by Crippen LogP contribution is 2.36. The van der Waals surface area contributed by atoms with Crippen molar-refractivity contribution in [3.05, 3.63) is 64.1 Å². The zero-order valence-electron chi connectivity index (χ0n) is 12.8. The molecule has 2 aromatic carbocycles. The summed E-state index contributed by atoms with van der Waals surface area (Å²) in [6.07, 6.45) is 0. The van der Waals surface area contributed by atoms with Crippen molar-refractivity contribution in [2.45, 2.75) is 36.3 Å². The van der Waals surface area contributed by atoms with Gasteiger partial charge in [0.15, 0.2) is 0 Å². The molecule has 2 rings (SSSR count). The van der Waals surface area contributed by atoms with Gasteiger partial charge >= 0.3 is 0 Å². The van der Waals surface area contributed by atoms with Crippen LogP contribution >= 0.6 is 27.7 Å². The molecule has 0 saturated heterocycles. The molecule has 0 aromatic heterocycles. The molecule has 112 valence electrons. The molecule has 0 fully saturated rings. The fourth-order valence-corrected chi connectivity index (χ4v) is 3.57. The third-order valence-electron chi connectivity index (χ3n) is 3.43. The molecule has 1 unspecified atom stereocenters. The van der Waals surface area contributed by atoms with E-state index >= 15 is 0 Å². The fourth-order valence-electron chi connectivity index (χ4n) is 2.16. The van der Waals surface area contributed by atoms with Crippen LogP contribution in [0.2, 0.25) is 0 Å². The Kier molecular flexibility index (Phi) is 5.53. The van der Waals surface area contributed by atoms with E-state index in [2.05, 4.69) is 79.2 Å². The third-order valence-corrected chi connectivity index (χ3v) is 5.22. The molecular formula is C18H22BrNS. The van der Waals surface area contributed by atoms with Crippen LogP contribution in [0.5, 0.6) is 0 Å². The summed E-state index contributed by atoms with van der Waals surface area (Å²) in [7, 11) is 0. The first kappa shape index (κ1) is 16.6. The van der Waals surface area contributed by atoms with Crippen molar-refractivity contribution >= 4 is 27.7 Å². The van der Waals surface area contributed by atoms with Crippen LogP contribution in [-0.4, -0.2) is 6.54 Å². The maximum absolute atomic E-state index is 5.97. The fraction of sp³-hybridized carbons (Fsp3) is 0.333. The number of hydrogen-bond donors (Lipinski definition) is 1. The van der Waals surface area contributed by atoms with Gasteiger partial charge in [0.25, 0.3) is 0 Å². The van der Waals surface area contributed by atoms with Crippen molar-refractivity contribution < 1.29 is 0 Å². The Morgan fingerprint density at radius 2 is 1.76 bits per heavy atom. The van der Waals surface area contributed by atoms with Crippen LogP contribution in [0.1, 0.15) is 37.1 Å². The smallest absolute Gasteiger partial charge is 0.0467 e. The van der Waals surface area contributed by atoms with Crippen molar-refractivity contribution in [2.75, 3.05) is 6.54 Å². The second kappa shape index (κ2) is 6.99. The Balaban J connectivity index is 2.15. The molecule has 3 heteroatoms. The third kappa shape index (κ3) is 4.60. The predicted molar refractivity (Wildman–Crippen MR) is 96.9 cm³/mol. The van der Waals surface area contributed by atoms with E-state index in [1.807, 2.05) is 17.8 Å². The lowest BCUT2D eigenvalue weighted by molar-refractivity contribution is 0.590. The van der Waals surface area contributed by atoms with Gasteiger partial charge in [0, 0.05) is 21.2 Å². The van der Waals surface area contributed by atoms with E-state index in [4.69, 9.17) is 5.73 Å². The van der Waals surface area contributed by atoms with Crippen LogP contribution in [0.25, 0.3) is 0 Å². The lowest BCUT2D eigenvalue weighted by Crippen LogP contribution is -2.11. The molecule has 0 aliphatic rings. The lowest BCUT2D eigenvalue weighted by atomic mass is 9.87. The first-order chi connectivity index (χ1) is 9.90. The van der Waals surface area contributed by atoms with Gasteiger partial charge in [0.1, 0.15) is 0 Å². The van der Waals surface area contributed by atoms with E-state index in [0.29, 0.717) is 6.54 Å². The monoisotopic (exact) mass is 363 g/mol. The van der Waals surface area contributed by atoms with Crippen molar-refractivity contribution in [3.63, 3.8) is 0 Å². The molecule has 0 amide bonds. The van der Waals surface area contributed by atoms with Crippen molar-refractivity contribution in [3.8, 4) is 0 Å². The molecule has 0 heterocycles. The van der Waals surface area contributed by atoms with Gasteiger partial charge in [-0.1, -0.05) is 61.0 Å². The van der Waals surface area contributed by atoms with Crippen LogP contribution in [0.15, 0.2) is 57.9 Å². The van der Waals surface area contributed by atoms with E-state index in [0.717, 1.165) is 4.47 Å². The van der Waals surface area contributed by atoms with Gasteiger partial charge in [-0.3, -0.25) is 0 Å². The molecule has 1 nitrogen and oxygen atoms in total. The average Bonchev–Trinajstić information content (AvgIpc) is 2.44. The standard InChI is InChI=1S/C18H22BrNS/c1-18(2,3)14-7-9-16(10-8-14)21-17(12-20)13-5-4-6-15(19)11-13/h4-11,17H,12,20H2,1-3H3. The molecule has 0 spiro atoms. The van der Waals surface area contributed by atoms with E-state index in [1.54, 1.807) is 0 Å². The molecule has 0 aliphatic heterocycles. The SMILES string of the molecule is CC(C)(C)c1ccc(SC(CN)c2cccc(Br)c2)cc1. The van der Waals surface area contributed by atoms with E-state index < -0.39 is 0 Å². The van der Waals surface area contributed by atoms with Crippen LogP contribution in [-0.2, 0) is 5.41 Å². The minimum atomic E-state index is 0.195.